The van der Waals surface area contributed by atoms with Crippen LogP contribution in [0.3, 0.4) is 0 Å². The van der Waals surface area contributed by atoms with E-state index in [4.69, 9.17) is 13.9 Å². The average molecular weight is 390 g/mol. The van der Waals surface area contributed by atoms with Crippen molar-refractivity contribution in [1.29, 1.82) is 0 Å². The molecule has 0 atom stereocenters. The molecule has 4 rings (SSSR count). The van der Waals surface area contributed by atoms with Crippen LogP contribution in [0.5, 0.6) is 11.5 Å². The Bertz CT molecular complexity index is 1180. The molecular weight excluding hydrogens is 368 g/mol. The molecule has 0 saturated heterocycles. The Hall–Kier alpha value is -3.61. The highest BCUT2D eigenvalue weighted by molar-refractivity contribution is 6.05. The van der Waals surface area contributed by atoms with Crippen molar-refractivity contribution in [2.75, 3.05) is 18.6 Å². The lowest BCUT2D eigenvalue weighted by Crippen LogP contribution is -2.04. The second-order valence-electron chi connectivity index (χ2n) is 6.33. The first-order valence-electron chi connectivity index (χ1n) is 9.53. The first-order chi connectivity index (χ1) is 14.2. The van der Waals surface area contributed by atoms with Gasteiger partial charge in [-0.2, -0.15) is 5.10 Å². The zero-order chi connectivity index (χ0) is 20.2. The molecule has 0 fully saturated rings. The second kappa shape index (κ2) is 8.18. The van der Waals surface area contributed by atoms with Crippen molar-refractivity contribution >= 4 is 33.6 Å². The monoisotopic (exact) mass is 390 g/mol. The molecule has 0 unspecified atom stereocenters. The summed E-state index contributed by atoms with van der Waals surface area (Å²) in [5.74, 6) is 1.93. The molecule has 29 heavy (non-hydrogen) atoms. The van der Waals surface area contributed by atoms with Crippen molar-refractivity contribution in [2.45, 2.75) is 20.8 Å². The van der Waals surface area contributed by atoms with Crippen LogP contribution in [-0.2, 0) is 0 Å². The Morgan fingerprint density at radius 2 is 1.83 bits per heavy atom. The zero-order valence-corrected chi connectivity index (χ0v) is 16.6. The van der Waals surface area contributed by atoms with Gasteiger partial charge in [-0.25, -0.2) is 9.97 Å². The van der Waals surface area contributed by atoms with Crippen molar-refractivity contribution in [3.63, 3.8) is 0 Å². The van der Waals surface area contributed by atoms with E-state index in [0.717, 1.165) is 33.5 Å². The van der Waals surface area contributed by atoms with E-state index in [1.807, 2.05) is 63.2 Å². The molecule has 7 heteroatoms. The molecular formula is C22H22N4O3. The van der Waals surface area contributed by atoms with Crippen LogP contribution in [-0.4, -0.2) is 28.9 Å². The van der Waals surface area contributed by atoms with Gasteiger partial charge >= 0.3 is 0 Å². The lowest BCUT2D eigenvalue weighted by atomic mass is 10.1. The normalized spacial score (nSPS) is 11.8. The smallest absolute Gasteiger partial charge is 0.197 e. The van der Waals surface area contributed by atoms with E-state index in [-0.39, 0.29) is 0 Å². The van der Waals surface area contributed by atoms with Crippen LogP contribution in [0.15, 0.2) is 58.3 Å². The van der Waals surface area contributed by atoms with Gasteiger partial charge in [0, 0.05) is 10.9 Å². The number of furan rings is 1. The Kier molecular flexibility index (Phi) is 5.29. The van der Waals surface area contributed by atoms with Crippen LogP contribution in [0.4, 0.5) is 5.82 Å². The molecule has 4 aromatic rings. The fourth-order valence-electron chi connectivity index (χ4n) is 3.08. The fraction of sp³-hybridized carbons (Fsp3) is 0.227. The third-order valence-electron chi connectivity index (χ3n) is 4.45. The van der Waals surface area contributed by atoms with E-state index < -0.39 is 0 Å². The quantitative estimate of drug-likeness (QED) is 0.353. The summed E-state index contributed by atoms with van der Waals surface area (Å²) in [5.41, 5.74) is 6.79. The lowest BCUT2D eigenvalue weighted by molar-refractivity contribution is 0.287. The summed E-state index contributed by atoms with van der Waals surface area (Å²) >= 11 is 0. The Morgan fingerprint density at radius 1 is 1.03 bits per heavy atom. The molecule has 148 valence electrons. The van der Waals surface area contributed by atoms with E-state index in [0.29, 0.717) is 30.4 Å². The number of hydrogen-bond acceptors (Lipinski definition) is 7. The van der Waals surface area contributed by atoms with Crippen LogP contribution in [0.1, 0.15) is 26.3 Å². The van der Waals surface area contributed by atoms with Crippen LogP contribution in [0, 0.1) is 0 Å². The Balaban J connectivity index is 1.64. The van der Waals surface area contributed by atoms with Crippen LogP contribution >= 0.6 is 0 Å². The largest absolute Gasteiger partial charge is 0.490 e. The Labute approximate surface area is 168 Å². The molecule has 0 aliphatic heterocycles. The second-order valence-corrected chi connectivity index (χ2v) is 6.33. The highest BCUT2D eigenvalue weighted by Gasteiger charge is 2.13. The van der Waals surface area contributed by atoms with Gasteiger partial charge < -0.3 is 13.9 Å². The molecule has 2 aromatic heterocycles. The highest BCUT2D eigenvalue weighted by Crippen LogP contribution is 2.31. The number of nitrogens with zero attached hydrogens (tertiary/aromatic N) is 3. The number of fused-ring (bicyclic) bond motifs is 3. The predicted molar refractivity (Wildman–Crippen MR) is 114 cm³/mol. The minimum absolute atomic E-state index is 0.515. The van der Waals surface area contributed by atoms with E-state index in [9.17, 15) is 0 Å². The number of anilines is 1. The summed E-state index contributed by atoms with van der Waals surface area (Å²) in [6.45, 7) is 6.94. The molecule has 0 aliphatic rings. The van der Waals surface area contributed by atoms with Crippen LogP contribution < -0.4 is 14.9 Å². The highest BCUT2D eigenvalue weighted by atomic mass is 16.5. The maximum atomic E-state index is 5.92. The molecule has 2 heterocycles. The number of hydrogen-bond donors (Lipinski definition) is 1. The number of benzene rings is 2. The average Bonchev–Trinajstić information content (AvgIpc) is 3.13. The van der Waals surface area contributed by atoms with Gasteiger partial charge in [0.25, 0.3) is 0 Å². The maximum absolute atomic E-state index is 5.92. The lowest BCUT2D eigenvalue weighted by Gasteiger charge is -2.12. The molecule has 0 radical (unpaired) electrons. The summed E-state index contributed by atoms with van der Waals surface area (Å²) in [7, 11) is 0. The molecule has 0 bridgehead atoms. The van der Waals surface area contributed by atoms with Gasteiger partial charge in [0.1, 0.15) is 17.4 Å². The number of hydrazone groups is 1. The van der Waals surface area contributed by atoms with Gasteiger partial charge in [-0.05, 0) is 51.1 Å². The fourth-order valence-corrected chi connectivity index (χ4v) is 3.08. The van der Waals surface area contributed by atoms with E-state index >= 15 is 0 Å². The summed E-state index contributed by atoms with van der Waals surface area (Å²) in [4.78, 5) is 8.64. The van der Waals surface area contributed by atoms with Gasteiger partial charge in [-0.1, -0.05) is 12.1 Å². The number of rotatable bonds is 7. The SMILES string of the molecule is CCOc1ccc(/C(C)=N\Nc2ncnc3c2oc2ccccc23)cc1OCC. The van der Waals surface area contributed by atoms with Gasteiger partial charge in [0.15, 0.2) is 22.9 Å². The van der Waals surface area contributed by atoms with Crippen LogP contribution in [0.25, 0.3) is 22.1 Å². The van der Waals surface area contributed by atoms with E-state index in [1.54, 1.807) is 0 Å². The summed E-state index contributed by atoms with van der Waals surface area (Å²) < 4.78 is 17.2. The molecule has 2 aromatic carbocycles. The first kappa shape index (κ1) is 18.7. The molecule has 0 spiro atoms. The van der Waals surface area contributed by atoms with Gasteiger partial charge in [0.05, 0.1) is 18.9 Å². The van der Waals surface area contributed by atoms with Crippen LogP contribution in [0.2, 0.25) is 0 Å². The number of nitrogens with one attached hydrogen (secondary N) is 1. The van der Waals surface area contributed by atoms with Gasteiger partial charge in [-0.3, -0.25) is 5.43 Å². The number of aromatic nitrogens is 2. The van der Waals surface area contributed by atoms with Gasteiger partial charge in [-0.15, -0.1) is 0 Å². The third-order valence-corrected chi connectivity index (χ3v) is 4.45. The molecule has 1 N–H and O–H groups in total. The standard InChI is InChI=1S/C22H22N4O3/c1-4-27-18-11-10-15(12-19(18)28-5-2)14(3)25-26-22-21-20(23-13-24-22)16-8-6-7-9-17(16)29-21/h6-13H,4-5H2,1-3H3,(H,23,24,26)/b25-14-. The molecule has 0 saturated carbocycles. The van der Waals surface area contributed by atoms with E-state index in [1.165, 1.54) is 6.33 Å². The minimum Gasteiger partial charge on any atom is -0.490 e. The maximum Gasteiger partial charge on any atom is 0.197 e. The van der Waals surface area contributed by atoms with E-state index in [2.05, 4.69) is 20.5 Å². The number of ether oxygens (including phenoxy) is 2. The number of para-hydroxylation sites is 1. The first-order valence-corrected chi connectivity index (χ1v) is 9.53. The molecule has 0 aliphatic carbocycles. The topological polar surface area (TPSA) is 81.8 Å². The zero-order valence-electron chi connectivity index (χ0n) is 16.6. The van der Waals surface area contributed by atoms with Crippen molar-refractivity contribution in [2.24, 2.45) is 5.10 Å². The van der Waals surface area contributed by atoms with Gasteiger partial charge in [0.2, 0.25) is 0 Å². The van der Waals surface area contributed by atoms with Crippen molar-refractivity contribution < 1.29 is 13.9 Å². The Morgan fingerprint density at radius 3 is 2.66 bits per heavy atom. The van der Waals surface area contributed by atoms with Crippen molar-refractivity contribution in [3.05, 3.63) is 54.4 Å². The summed E-state index contributed by atoms with van der Waals surface area (Å²) in [6, 6.07) is 13.5. The summed E-state index contributed by atoms with van der Waals surface area (Å²) in [5, 5.41) is 5.43. The minimum atomic E-state index is 0.515. The summed E-state index contributed by atoms with van der Waals surface area (Å²) in [6.07, 6.45) is 1.50. The molecule has 7 nitrogen and oxygen atoms in total. The van der Waals surface area contributed by atoms with Crippen molar-refractivity contribution in [1.82, 2.24) is 9.97 Å². The molecule has 0 amide bonds. The predicted octanol–water partition coefficient (Wildman–Crippen LogP) is 5.01. The van der Waals surface area contributed by atoms with Crippen molar-refractivity contribution in [3.8, 4) is 11.5 Å². The third kappa shape index (κ3) is 3.71.